The van der Waals surface area contributed by atoms with E-state index in [2.05, 4.69) is 34.8 Å². The predicted octanol–water partition coefficient (Wildman–Crippen LogP) is 4.96. The third-order valence-corrected chi connectivity index (χ3v) is 7.22. The van der Waals surface area contributed by atoms with Gasteiger partial charge in [0.2, 0.25) is 0 Å². The van der Waals surface area contributed by atoms with E-state index in [1.807, 2.05) is 36.6 Å². The molecule has 2 heterocycles. The van der Waals surface area contributed by atoms with E-state index in [1.54, 1.807) is 10.7 Å². The highest BCUT2D eigenvalue weighted by molar-refractivity contribution is 7.13. The molecule has 2 aromatic heterocycles. The number of benzene rings is 2. The van der Waals surface area contributed by atoms with Gasteiger partial charge in [0.05, 0.1) is 17.0 Å². The van der Waals surface area contributed by atoms with Crippen LogP contribution in [-0.2, 0) is 25.9 Å². The molecular weight excluding hydrogens is 506 g/mol. The van der Waals surface area contributed by atoms with Gasteiger partial charge in [0.25, 0.3) is 5.91 Å². The van der Waals surface area contributed by atoms with Crippen LogP contribution in [0, 0.1) is 11.6 Å². The first-order valence-corrected chi connectivity index (χ1v) is 13.6. The van der Waals surface area contributed by atoms with Crippen LogP contribution in [0.4, 0.5) is 8.78 Å². The zero-order valence-corrected chi connectivity index (χ0v) is 22.3. The van der Waals surface area contributed by atoms with E-state index in [0.29, 0.717) is 30.0 Å². The lowest BCUT2D eigenvalue weighted by Gasteiger charge is -2.25. The Hall–Kier alpha value is -3.40. The zero-order chi connectivity index (χ0) is 27.1. The summed E-state index contributed by atoms with van der Waals surface area (Å²) in [5.74, 6) is -1.84. The van der Waals surface area contributed by atoms with Crippen molar-refractivity contribution in [3.8, 4) is 10.6 Å². The van der Waals surface area contributed by atoms with Crippen LogP contribution >= 0.6 is 11.3 Å². The van der Waals surface area contributed by atoms with Gasteiger partial charge < -0.3 is 15.7 Å². The van der Waals surface area contributed by atoms with Crippen LogP contribution in [0.3, 0.4) is 0 Å². The smallest absolute Gasteiger partial charge is 0.269 e. The van der Waals surface area contributed by atoms with Gasteiger partial charge in [-0.05, 0) is 66.1 Å². The Labute approximate surface area is 225 Å². The van der Waals surface area contributed by atoms with Crippen molar-refractivity contribution in [2.45, 2.75) is 51.9 Å². The van der Waals surface area contributed by atoms with E-state index in [-0.39, 0.29) is 13.0 Å². The molecule has 0 radical (unpaired) electrons. The molecule has 4 aromatic rings. The Balaban J connectivity index is 1.51. The van der Waals surface area contributed by atoms with Gasteiger partial charge in [0, 0.05) is 25.7 Å². The minimum atomic E-state index is -1.02. The fourth-order valence-corrected chi connectivity index (χ4v) is 5.04. The highest BCUT2D eigenvalue weighted by Crippen LogP contribution is 2.24. The number of hydrogen-bond acceptors (Lipinski definition) is 5. The number of aryl methyl sites for hydroxylation is 2. The van der Waals surface area contributed by atoms with E-state index >= 15 is 0 Å². The van der Waals surface area contributed by atoms with Gasteiger partial charge >= 0.3 is 0 Å². The van der Waals surface area contributed by atoms with Crippen molar-refractivity contribution in [1.82, 2.24) is 20.4 Å². The molecule has 0 spiro atoms. The third-order valence-electron chi connectivity index (χ3n) is 6.33. The highest BCUT2D eigenvalue weighted by Gasteiger charge is 2.25. The molecule has 6 nitrogen and oxygen atoms in total. The molecular formula is C29H32F2N4O2S. The maximum atomic E-state index is 13.9. The minimum absolute atomic E-state index is 0.0482. The molecule has 0 saturated carbocycles. The Morgan fingerprint density at radius 1 is 1.03 bits per heavy atom. The number of amides is 1. The summed E-state index contributed by atoms with van der Waals surface area (Å²) in [4.78, 5) is 14.3. The maximum Gasteiger partial charge on any atom is 0.269 e. The summed E-state index contributed by atoms with van der Waals surface area (Å²) in [6.07, 6.45) is -0.0429. The van der Waals surface area contributed by atoms with E-state index in [0.717, 1.165) is 22.9 Å². The van der Waals surface area contributed by atoms with Crippen LogP contribution in [0.25, 0.3) is 10.6 Å². The van der Waals surface area contributed by atoms with Crippen molar-refractivity contribution in [2.24, 2.45) is 0 Å². The van der Waals surface area contributed by atoms with Gasteiger partial charge in [-0.3, -0.25) is 9.48 Å². The standard InChI is InChI=1S/C29H32F2N4O2S/c1-3-19-7-5-8-20(11-19)17-32-18-27(36)24(14-21-12-22(30)15-23(31)13-21)33-29(37)26-16-25(34-35(26)4-2)28-9-6-10-38-28/h5-13,15-16,24,27,32,36H,3-4,14,17-18H2,1-2H3,(H,33,37)/t24-,27-/m0/s1. The highest BCUT2D eigenvalue weighted by atomic mass is 32.1. The van der Waals surface area contributed by atoms with E-state index in [1.165, 1.54) is 29.0 Å². The van der Waals surface area contributed by atoms with Crippen LogP contribution in [0.15, 0.2) is 66.0 Å². The molecule has 0 aliphatic carbocycles. The normalized spacial score (nSPS) is 12.9. The maximum absolute atomic E-state index is 13.9. The van der Waals surface area contributed by atoms with Crippen molar-refractivity contribution in [1.29, 1.82) is 0 Å². The molecule has 0 bridgehead atoms. The molecule has 1 amide bonds. The van der Waals surface area contributed by atoms with Gasteiger partial charge in [-0.2, -0.15) is 5.10 Å². The number of thiophene rings is 1. The fraction of sp³-hybridized carbons (Fsp3) is 0.310. The number of aliphatic hydroxyl groups is 1. The topological polar surface area (TPSA) is 79.2 Å². The molecule has 200 valence electrons. The monoisotopic (exact) mass is 538 g/mol. The predicted molar refractivity (Wildman–Crippen MR) is 146 cm³/mol. The number of hydrogen-bond donors (Lipinski definition) is 3. The fourth-order valence-electron chi connectivity index (χ4n) is 4.36. The minimum Gasteiger partial charge on any atom is -0.390 e. The number of carbonyl (C=O) groups is 1. The molecule has 0 aliphatic heterocycles. The van der Waals surface area contributed by atoms with Crippen molar-refractivity contribution in [3.63, 3.8) is 0 Å². The van der Waals surface area contributed by atoms with Gasteiger partial charge in [-0.1, -0.05) is 37.3 Å². The van der Waals surface area contributed by atoms with Crippen LogP contribution in [0.5, 0.6) is 0 Å². The largest absolute Gasteiger partial charge is 0.390 e. The second kappa shape index (κ2) is 12.9. The first-order chi connectivity index (χ1) is 18.4. The Kier molecular flexibility index (Phi) is 9.38. The molecule has 2 aromatic carbocycles. The number of carbonyl (C=O) groups excluding carboxylic acids is 1. The summed E-state index contributed by atoms with van der Waals surface area (Å²) in [6.45, 7) is 5.17. The molecule has 0 saturated heterocycles. The third kappa shape index (κ3) is 7.12. The summed E-state index contributed by atoms with van der Waals surface area (Å²) in [6, 6.07) is 16.2. The molecule has 0 aliphatic rings. The van der Waals surface area contributed by atoms with Crippen molar-refractivity contribution < 1.29 is 18.7 Å². The van der Waals surface area contributed by atoms with E-state index in [4.69, 9.17) is 0 Å². The van der Waals surface area contributed by atoms with Crippen molar-refractivity contribution in [2.75, 3.05) is 6.54 Å². The quantitative estimate of drug-likeness (QED) is 0.238. The van der Waals surface area contributed by atoms with Gasteiger partial charge in [0.1, 0.15) is 23.0 Å². The summed E-state index contributed by atoms with van der Waals surface area (Å²) in [5, 5.41) is 23.7. The number of aromatic nitrogens is 2. The number of rotatable bonds is 12. The molecule has 38 heavy (non-hydrogen) atoms. The number of halogens is 2. The second-order valence-electron chi connectivity index (χ2n) is 9.14. The van der Waals surface area contributed by atoms with Crippen LogP contribution in [0.2, 0.25) is 0 Å². The van der Waals surface area contributed by atoms with Crippen molar-refractivity contribution in [3.05, 3.63) is 100 Å². The van der Waals surface area contributed by atoms with Crippen LogP contribution in [0.1, 0.15) is 41.0 Å². The second-order valence-corrected chi connectivity index (χ2v) is 10.1. The molecule has 9 heteroatoms. The van der Waals surface area contributed by atoms with Gasteiger partial charge in [0.15, 0.2) is 0 Å². The number of aliphatic hydroxyl groups excluding tert-OH is 1. The van der Waals surface area contributed by atoms with Gasteiger partial charge in [-0.15, -0.1) is 11.3 Å². The van der Waals surface area contributed by atoms with Crippen LogP contribution < -0.4 is 10.6 Å². The molecule has 0 fully saturated rings. The lowest BCUT2D eigenvalue weighted by Crippen LogP contribution is -2.49. The SMILES string of the molecule is CCc1cccc(CNC[C@H](O)[C@H](Cc2cc(F)cc(F)c2)NC(=O)c2cc(-c3cccs3)nn2CC)c1. The molecule has 2 atom stereocenters. The lowest BCUT2D eigenvalue weighted by atomic mass is 10.00. The lowest BCUT2D eigenvalue weighted by molar-refractivity contribution is 0.0820. The van der Waals surface area contributed by atoms with Crippen LogP contribution in [-0.4, -0.2) is 39.5 Å². The zero-order valence-electron chi connectivity index (χ0n) is 21.5. The summed E-state index contributed by atoms with van der Waals surface area (Å²) >= 11 is 1.53. The Morgan fingerprint density at radius 2 is 1.79 bits per heavy atom. The number of nitrogens with zero attached hydrogens (tertiary/aromatic N) is 2. The average molecular weight is 539 g/mol. The summed E-state index contributed by atoms with van der Waals surface area (Å²) < 4.78 is 29.4. The Bertz CT molecular complexity index is 1340. The number of nitrogens with one attached hydrogen (secondary N) is 2. The summed E-state index contributed by atoms with van der Waals surface area (Å²) in [5.41, 5.74) is 3.68. The average Bonchev–Trinajstić information content (AvgIpc) is 3.58. The Morgan fingerprint density at radius 3 is 2.47 bits per heavy atom. The first-order valence-electron chi connectivity index (χ1n) is 12.7. The molecule has 0 unspecified atom stereocenters. The van der Waals surface area contributed by atoms with Gasteiger partial charge in [-0.25, -0.2) is 8.78 Å². The molecule has 4 rings (SSSR count). The first kappa shape index (κ1) is 27.6. The molecule has 3 N–H and O–H groups in total. The van der Waals surface area contributed by atoms with E-state index in [9.17, 15) is 18.7 Å². The van der Waals surface area contributed by atoms with Crippen molar-refractivity contribution >= 4 is 17.2 Å². The summed E-state index contributed by atoms with van der Waals surface area (Å²) in [7, 11) is 0. The van der Waals surface area contributed by atoms with E-state index < -0.39 is 29.7 Å².